The number of rotatable bonds is 5. The molecule has 0 bridgehead atoms. The minimum Gasteiger partial charge on any atom is -0.480 e. The number of carboxylic acid groups (broad SMARTS) is 2. The molecule has 0 fully saturated rings. The maximum Gasteiger partial charge on any atom is 0.327 e. The zero-order valence-electron chi connectivity index (χ0n) is 6.43. The molecule has 0 radical (unpaired) electrons. The highest BCUT2D eigenvalue weighted by atomic mass is 16.4. The average molecular weight is 173 g/mol. The van der Waals surface area contributed by atoms with Crippen LogP contribution in [0.3, 0.4) is 0 Å². The van der Waals surface area contributed by atoms with Gasteiger partial charge in [0.25, 0.3) is 0 Å². The zero-order valence-corrected chi connectivity index (χ0v) is 6.43. The summed E-state index contributed by atoms with van der Waals surface area (Å²) in [6, 6.07) is -0.913. The molecule has 12 heavy (non-hydrogen) atoms. The molecule has 0 aromatic rings. The topological polar surface area (TPSA) is 101 Å². The van der Waals surface area contributed by atoms with Gasteiger partial charge in [-0.25, -0.2) is 4.79 Å². The lowest BCUT2D eigenvalue weighted by atomic mass is 10.1. The van der Waals surface area contributed by atoms with Gasteiger partial charge in [0, 0.05) is 6.08 Å². The number of nitrogens with two attached hydrogens (primary N) is 1. The Morgan fingerprint density at radius 2 is 2.00 bits per heavy atom. The molecule has 4 N–H and O–H groups in total. The first-order valence-electron chi connectivity index (χ1n) is 3.42. The number of hydrogen-bond acceptors (Lipinski definition) is 3. The fourth-order valence-corrected chi connectivity index (χ4v) is 0.583. The number of hydrogen-bond donors (Lipinski definition) is 3. The molecule has 0 saturated carbocycles. The summed E-state index contributed by atoms with van der Waals surface area (Å²) in [4.78, 5) is 20.1. The molecule has 0 aliphatic rings. The molecule has 0 aliphatic heterocycles. The van der Waals surface area contributed by atoms with Gasteiger partial charge in [0.2, 0.25) is 0 Å². The zero-order chi connectivity index (χ0) is 9.56. The molecule has 1 atom stereocenters. The van der Waals surface area contributed by atoms with Gasteiger partial charge >= 0.3 is 11.9 Å². The number of carboxylic acids is 2. The first-order chi connectivity index (χ1) is 5.54. The van der Waals surface area contributed by atoms with Crippen LogP contribution in [0.1, 0.15) is 12.8 Å². The quantitative estimate of drug-likeness (QED) is 0.500. The summed E-state index contributed by atoms with van der Waals surface area (Å²) in [6.45, 7) is 0. The van der Waals surface area contributed by atoms with Gasteiger partial charge in [-0.2, -0.15) is 0 Å². The largest absolute Gasteiger partial charge is 0.480 e. The Labute approximate surface area is 69.5 Å². The Bertz CT molecular complexity index is 200. The van der Waals surface area contributed by atoms with Crippen molar-refractivity contribution in [1.82, 2.24) is 0 Å². The molecule has 0 aromatic carbocycles. The fourth-order valence-electron chi connectivity index (χ4n) is 0.583. The van der Waals surface area contributed by atoms with Crippen molar-refractivity contribution in [3.63, 3.8) is 0 Å². The van der Waals surface area contributed by atoms with E-state index in [1.165, 1.54) is 6.08 Å². The Morgan fingerprint density at radius 1 is 1.42 bits per heavy atom. The van der Waals surface area contributed by atoms with E-state index in [1.54, 1.807) is 0 Å². The van der Waals surface area contributed by atoms with Gasteiger partial charge in [0.1, 0.15) is 6.04 Å². The van der Waals surface area contributed by atoms with Crippen molar-refractivity contribution in [1.29, 1.82) is 0 Å². The fraction of sp³-hybridized carbons (Fsp3) is 0.429. The molecule has 0 spiro atoms. The molecule has 68 valence electrons. The lowest BCUT2D eigenvalue weighted by Crippen LogP contribution is -2.29. The average Bonchev–Trinajstić information content (AvgIpc) is 1.97. The number of aliphatic carboxylic acids is 2. The summed E-state index contributed by atoms with van der Waals surface area (Å²) >= 11 is 0. The molecule has 0 heterocycles. The molecular formula is C7H11NO4. The second-order valence-corrected chi connectivity index (χ2v) is 2.26. The third-order valence-electron chi connectivity index (χ3n) is 1.22. The minimum atomic E-state index is -1.07. The Kier molecular flexibility index (Phi) is 4.71. The van der Waals surface area contributed by atoms with Gasteiger partial charge in [0.05, 0.1) is 0 Å². The van der Waals surface area contributed by atoms with Crippen molar-refractivity contribution < 1.29 is 19.8 Å². The second-order valence-electron chi connectivity index (χ2n) is 2.26. The van der Waals surface area contributed by atoms with Crippen molar-refractivity contribution in [3.05, 3.63) is 12.2 Å². The summed E-state index contributed by atoms with van der Waals surface area (Å²) in [5.74, 6) is -2.11. The van der Waals surface area contributed by atoms with E-state index >= 15 is 0 Å². The van der Waals surface area contributed by atoms with E-state index < -0.39 is 18.0 Å². The molecule has 0 rings (SSSR count). The van der Waals surface area contributed by atoms with E-state index in [4.69, 9.17) is 15.9 Å². The van der Waals surface area contributed by atoms with Crippen molar-refractivity contribution >= 4 is 11.9 Å². The number of carbonyl (C=O) groups is 2. The van der Waals surface area contributed by atoms with Crippen LogP contribution < -0.4 is 5.73 Å². The van der Waals surface area contributed by atoms with Crippen molar-refractivity contribution in [2.45, 2.75) is 18.9 Å². The van der Waals surface area contributed by atoms with Gasteiger partial charge in [-0.15, -0.1) is 0 Å². The molecule has 5 nitrogen and oxygen atoms in total. The van der Waals surface area contributed by atoms with Crippen LogP contribution in [0.2, 0.25) is 0 Å². The molecule has 0 aliphatic carbocycles. The van der Waals surface area contributed by atoms with Crippen LogP contribution in [0.15, 0.2) is 12.2 Å². The normalized spacial score (nSPS) is 13.1. The molecule has 0 saturated heterocycles. The van der Waals surface area contributed by atoms with Gasteiger partial charge in [-0.1, -0.05) is 6.08 Å². The molecular weight excluding hydrogens is 162 g/mol. The summed E-state index contributed by atoms with van der Waals surface area (Å²) < 4.78 is 0. The number of allylic oxidation sites excluding steroid dienone is 1. The van der Waals surface area contributed by atoms with Gasteiger partial charge in [-0.05, 0) is 12.8 Å². The summed E-state index contributed by atoms with van der Waals surface area (Å²) in [6.07, 6.45) is 2.96. The van der Waals surface area contributed by atoms with Crippen LogP contribution in [0.4, 0.5) is 0 Å². The Morgan fingerprint density at radius 3 is 2.42 bits per heavy atom. The molecule has 5 heteroatoms. The van der Waals surface area contributed by atoms with Crippen LogP contribution in [0.5, 0.6) is 0 Å². The lowest BCUT2D eigenvalue weighted by Gasteiger charge is -2.01. The maximum atomic E-state index is 10.2. The standard InChI is InChI=1S/C7H11NO4/c8-5(7(11)12)3-1-2-4-6(9)10/h2,4-5H,1,3,8H2,(H,9,10)(H,11,12)/b4-2+/t5-/m1/s1. The van der Waals surface area contributed by atoms with Crippen LogP contribution in [0.25, 0.3) is 0 Å². The highest BCUT2D eigenvalue weighted by Gasteiger charge is 2.08. The van der Waals surface area contributed by atoms with E-state index in [9.17, 15) is 9.59 Å². The van der Waals surface area contributed by atoms with E-state index in [1.807, 2.05) is 0 Å². The Hall–Kier alpha value is -1.36. The van der Waals surface area contributed by atoms with Crippen molar-refractivity contribution in [3.8, 4) is 0 Å². The second kappa shape index (κ2) is 5.31. The molecule has 0 unspecified atom stereocenters. The molecule has 0 aromatic heterocycles. The van der Waals surface area contributed by atoms with Crippen molar-refractivity contribution in [2.75, 3.05) is 0 Å². The Balaban J connectivity index is 3.56. The third-order valence-corrected chi connectivity index (χ3v) is 1.22. The van der Waals surface area contributed by atoms with E-state index in [0.29, 0.717) is 6.42 Å². The monoisotopic (exact) mass is 173 g/mol. The van der Waals surface area contributed by atoms with Crippen LogP contribution in [0, 0.1) is 0 Å². The summed E-state index contributed by atoms with van der Waals surface area (Å²) in [5, 5.41) is 16.5. The predicted molar refractivity (Wildman–Crippen MR) is 41.6 cm³/mol. The minimum absolute atomic E-state index is 0.249. The first kappa shape index (κ1) is 10.6. The molecule has 0 amide bonds. The van der Waals surface area contributed by atoms with Crippen LogP contribution in [-0.2, 0) is 9.59 Å². The van der Waals surface area contributed by atoms with Gasteiger partial charge < -0.3 is 15.9 Å². The van der Waals surface area contributed by atoms with Crippen molar-refractivity contribution in [2.24, 2.45) is 5.73 Å². The summed E-state index contributed by atoms with van der Waals surface area (Å²) in [5.41, 5.74) is 5.15. The van der Waals surface area contributed by atoms with E-state index in [0.717, 1.165) is 6.08 Å². The van der Waals surface area contributed by atoms with Crippen LogP contribution in [-0.4, -0.2) is 28.2 Å². The third kappa shape index (κ3) is 5.43. The highest BCUT2D eigenvalue weighted by Crippen LogP contribution is 1.95. The predicted octanol–water partition coefficient (Wildman–Crippen LogP) is -0.181. The maximum absolute atomic E-state index is 10.2. The smallest absolute Gasteiger partial charge is 0.327 e. The van der Waals surface area contributed by atoms with E-state index in [-0.39, 0.29) is 6.42 Å². The van der Waals surface area contributed by atoms with Crippen LogP contribution >= 0.6 is 0 Å². The first-order valence-corrected chi connectivity index (χ1v) is 3.42. The SMILES string of the molecule is N[C@H](CC/C=C/C(=O)O)C(=O)O. The van der Waals surface area contributed by atoms with E-state index in [2.05, 4.69) is 0 Å². The highest BCUT2D eigenvalue weighted by molar-refractivity contribution is 5.79. The van der Waals surface area contributed by atoms with Gasteiger partial charge in [-0.3, -0.25) is 4.79 Å². The van der Waals surface area contributed by atoms with Gasteiger partial charge in [0.15, 0.2) is 0 Å². The summed E-state index contributed by atoms with van der Waals surface area (Å²) in [7, 11) is 0. The lowest BCUT2D eigenvalue weighted by molar-refractivity contribution is -0.138.